The monoisotopic (exact) mass is 264 g/mol. The van der Waals surface area contributed by atoms with Gasteiger partial charge in [0.2, 0.25) is 0 Å². The number of allylic oxidation sites excluding steroid dienone is 2. The zero-order chi connectivity index (χ0) is 13.9. The molecule has 0 fully saturated rings. The highest BCUT2D eigenvalue weighted by atomic mass is 16.6. The van der Waals surface area contributed by atoms with Gasteiger partial charge in [0, 0.05) is 11.1 Å². The Morgan fingerprint density at radius 2 is 0.900 bits per heavy atom. The standard InChI is InChI=1S/C18H16O2/c1-13-17(15-9-5-3-6-10-15)20-14(2)18(19-13)16-11-7-4-8-12-16/h3-12H,1-2H3. The van der Waals surface area contributed by atoms with E-state index in [0.29, 0.717) is 0 Å². The zero-order valence-corrected chi connectivity index (χ0v) is 11.6. The van der Waals surface area contributed by atoms with E-state index in [9.17, 15) is 0 Å². The number of hydrogen-bond donors (Lipinski definition) is 0. The van der Waals surface area contributed by atoms with Gasteiger partial charge < -0.3 is 9.47 Å². The summed E-state index contributed by atoms with van der Waals surface area (Å²) < 4.78 is 12.0. The van der Waals surface area contributed by atoms with Crippen molar-refractivity contribution in [2.24, 2.45) is 0 Å². The molecule has 1 aliphatic heterocycles. The zero-order valence-electron chi connectivity index (χ0n) is 11.6. The van der Waals surface area contributed by atoms with Gasteiger partial charge in [-0.15, -0.1) is 0 Å². The quantitative estimate of drug-likeness (QED) is 0.775. The van der Waals surface area contributed by atoms with Gasteiger partial charge in [-0.3, -0.25) is 0 Å². The highest BCUT2D eigenvalue weighted by molar-refractivity contribution is 5.71. The molecule has 2 aromatic carbocycles. The molecule has 0 aliphatic carbocycles. The molecule has 3 rings (SSSR count). The van der Waals surface area contributed by atoms with E-state index in [1.807, 2.05) is 74.5 Å². The smallest absolute Gasteiger partial charge is 0.172 e. The lowest BCUT2D eigenvalue weighted by atomic mass is 10.1. The largest absolute Gasteiger partial charge is 0.454 e. The summed E-state index contributed by atoms with van der Waals surface area (Å²) in [4.78, 5) is 0. The van der Waals surface area contributed by atoms with Crippen LogP contribution in [0.25, 0.3) is 11.5 Å². The van der Waals surface area contributed by atoms with E-state index in [2.05, 4.69) is 0 Å². The maximum absolute atomic E-state index is 5.99. The van der Waals surface area contributed by atoms with Crippen LogP contribution in [0.1, 0.15) is 25.0 Å². The molecule has 0 unspecified atom stereocenters. The van der Waals surface area contributed by atoms with Gasteiger partial charge in [0.1, 0.15) is 11.5 Å². The Bertz CT molecular complexity index is 606. The molecule has 2 aromatic rings. The molecule has 0 saturated heterocycles. The molecule has 0 N–H and O–H groups in total. The van der Waals surface area contributed by atoms with Crippen LogP contribution in [0.3, 0.4) is 0 Å². The SMILES string of the molecule is CC1=C(c2ccccc2)OC(C)=C(c2ccccc2)O1. The molecule has 0 amide bonds. The van der Waals surface area contributed by atoms with Crippen LogP contribution in [0.4, 0.5) is 0 Å². The topological polar surface area (TPSA) is 18.5 Å². The minimum atomic E-state index is 0.778. The Morgan fingerprint density at radius 3 is 1.25 bits per heavy atom. The van der Waals surface area contributed by atoms with Gasteiger partial charge in [-0.1, -0.05) is 60.7 Å². The maximum atomic E-state index is 5.99. The molecule has 0 aromatic heterocycles. The molecule has 1 heterocycles. The Hall–Kier alpha value is -2.48. The van der Waals surface area contributed by atoms with Crippen LogP contribution in [0, 0.1) is 0 Å². The molecule has 0 atom stereocenters. The molecule has 100 valence electrons. The molecule has 0 spiro atoms. The van der Waals surface area contributed by atoms with Crippen LogP contribution in [0.5, 0.6) is 0 Å². The molecule has 0 radical (unpaired) electrons. The van der Waals surface area contributed by atoms with Crippen molar-refractivity contribution >= 4 is 11.5 Å². The van der Waals surface area contributed by atoms with Crippen molar-refractivity contribution in [2.45, 2.75) is 13.8 Å². The van der Waals surface area contributed by atoms with Crippen molar-refractivity contribution in [1.29, 1.82) is 0 Å². The Morgan fingerprint density at radius 1 is 0.550 bits per heavy atom. The number of benzene rings is 2. The van der Waals surface area contributed by atoms with E-state index in [4.69, 9.17) is 9.47 Å². The Balaban J connectivity index is 1.95. The third-order valence-electron chi connectivity index (χ3n) is 3.22. The van der Waals surface area contributed by atoms with Crippen molar-refractivity contribution in [3.8, 4) is 0 Å². The summed E-state index contributed by atoms with van der Waals surface area (Å²) in [5.41, 5.74) is 2.05. The third-order valence-corrected chi connectivity index (χ3v) is 3.22. The van der Waals surface area contributed by atoms with Gasteiger partial charge in [0.05, 0.1) is 0 Å². The summed E-state index contributed by atoms with van der Waals surface area (Å²) in [6.07, 6.45) is 0. The summed E-state index contributed by atoms with van der Waals surface area (Å²) >= 11 is 0. The molecule has 0 bridgehead atoms. The summed E-state index contributed by atoms with van der Waals surface area (Å²) in [6, 6.07) is 20.0. The second kappa shape index (κ2) is 5.25. The normalized spacial score (nSPS) is 14.9. The van der Waals surface area contributed by atoms with Gasteiger partial charge >= 0.3 is 0 Å². The van der Waals surface area contributed by atoms with E-state index in [1.165, 1.54) is 0 Å². The van der Waals surface area contributed by atoms with Crippen LogP contribution in [-0.2, 0) is 9.47 Å². The van der Waals surface area contributed by atoms with E-state index in [0.717, 1.165) is 34.2 Å². The van der Waals surface area contributed by atoms with Gasteiger partial charge in [-0.25, -0.2) is 0 Å². The minimum Gasteiger partial charge on any atom is -0.454 e. The highest BCUT2D eigenvalue weighted by Crippen LogP contribution is 2.35. The summed E-state index contributed by atoms with van der Waals surface area (Å²) in [5, 5.41) is 0. The van der Waals surface area contributed by atoms with Gasteiger partial charge in [-0.05, 0) is 13.8 Å². The third kappa shape index (κ3) is 2.32. The van der Waals surface area contributed by atoms with Crippen LogP contribution in [-0.4, -0.2) is 0 Å². The summed E-state index contributed by atoms with van der Waals surface area (Å²) in [7, 11) is 0. The predicted octanol–water partition coefficient (Wildman–Crippen LogP) is 4.81. The molecule has 2 nitrogen and oxygen atoms in total. The number of hydrogen-bond acceptors (Lipinski definition) is 2. The van der Waals surface area contributed by atoms with Gasteiger partial charge in [0.15, 0.2) is 11.5 Å². The minimum absolute atomic E-state index is 0.778. The van der Waals surface area contributed by atoms with E-state index in [-0.39, 0.29) is 0 Å². The van der Waals surface area contributed by atoms with Crippen molar-refractivity contribution in [2.75, 3.05) is 0 Å². The van der Waals surface area contributed by atoms with Gasteiger partial charge in [-0.2, -0.15) is 0 Å². The lowest BCUT2D eigenvalue weighted by Gasteiger charge is -2.23. The first kappa shape index (κ1) is 12.5. The molecular formula is C18H16O2. The second-order valence-corrected chi connectivity index (χ2v) is 4.71. The Kier molecular flexibility index (Phi) is 3.30. The van der Waals surface area contributed by atoms with E-state index < -0.39 is 0 Å². The van der Waals surface area contributed by atoms with Crippen molar-refractivity contribution in [1.82, 2.24) is 0 Å². The maximum Gasteiger partial charge on any atom is 0.172 e. The van der Waals surface area contributed by atoms with Crippen LogP contribution in [0.2, 0.25) is 0 Å². The molecule has 20 heavy (non-hydrogen) atoms. The first-order valence-electron chi connectivity index (χ1n) is 6.64. The molecule has 1 aliphatic rings. The van der Waals surface area contributed by atoms with E-state index in [1.54, 1.807) is 0 Å². The van der Waals surface area contributed by atoms with E-state index >= 15 is 0 Å². The highest BCUT2D eigenvalue weighted by Gasteiger charge is 2.21. The average molecular weight is 264 g/mol. The first-order valence-corrected chi connectivity index (χ1v) is 6.64. The van der Waals surface area contributed by atoms with Crippen LogP contribution >= 0.6 is 0 Å². The van der Waals surface area contributed by atoms with Crippen molar-refractivity contribution in [3.63, 3.8) is 0 Å². The van der Waals surface area contributed by atoms with Crippen molar-refractivity contribution < 1.29 is 9.47 Å². The first-order chi connectivity index (χ1) is 9.75. The fraction of sp³-hybridized carbons (Fsp3) is 0.111. The average Bonchev–Trinajstić information content (AvgIpc) is 2.51. The molecular weight excluding hydrogens is 248 g/mol. The van der Waals surface area contributed by atoms with Gasteiger partial charge in [0.25, 0.3) is 0 Å². The molecule has 2 heteroatoms. The van der Waals surface area contributed by atoms with Crippen molar-refractivity contribution in [3.05, 3.63) is 83.3 Å². The number of ether oxygens (including phenoxy) is 2. The lowest BCUT2D eigenvalue weighted by Crippen LogP contribution is -2.07. The Labute approximate surface area is 119 Å². The van der Waals surface area contributed by atoms with Crippen LogP contribution in [0.15, 0.2) is 72.2 Å². The fourth-order valence-corrected chi connectivity index (χ4v) is 2.25. The summed E-state index contributed by atoms with van der Waals surface area (Å²) in [5.74, 6) is 3.12. The second-order valence-electron chi connectivity index (χ2n) is 4.71. The number of rotatable bonds is 2. The fourth-order valence-electron chi connectivity index (χ4n) is 2.25. The lowest BCUT2D eigenvalue weighted by molar-refractivity contribution is 0.276. The predicted molar refractivity (Wildman–Crippen MR) is 80.2 cm³/mol. The van der Waals surface area contributed by atoms with Crippen LogP contribution < -0.4 is 0 Å². The summed E-state index contributed by atoms with van der Waals surface area (Å²) in [6.45, 7) is 3.86. The molecule has 0 saturated carbocycles.